The summed E-state index contributed by atoms with van der Waals surface area (Å²) < 4.78 is 32.6. The standard InChI is InChI=1S/C17H22N2O4S2/c1-13-7-8-15(23-13)12-18(2)17(20)14-5-3-9-19(11-14)25(21,22)16-6-4-10-24-16/h4,6-8,10,14H,3,5,9,11-12H2,1-2H3. The summed E-state index contributed by atoms with van der Waals surface area (Å²) >= 11 is 1.21. The molecular formula is C17H22N2O4S2. The molecule has 1 amide bonds. The third-order valence-corrected chi connectivity index (χ3v) is 7.63. The molecule has 0 saturated carbocycles. The van der Waals surface area contributed by atoms with Gasteiger partial charge in [0.1, 0.15) is 15.7 Å². The molecule has 0 radical (unpaired) electrons. The monoisotopic (exact) mass is 382 g/mol. The second kappa shape index (κ2) is 7.31. The molecule has 1 atom stereocenters. The van der Waals surface area contributed by atoms with Gasteiger partial charge in [-0.25, -0.2) is 8.42 Å². The maximum Gasteiger partial charge on any atom is 0.252 e. The molecule has 0 aliphatic carbocycles. The van der Waals surface area contributed by atoms with E-state index in [4.69, 9.17) is 4.42 Å². The highest BCUT2D eigenvalue weighted by molar-refractivity contribution is 7.91. The first-order valence-corrected chi connectivity index (χ1v) is 10.5. The molecule has 0 aromatic carbocycles. The summed E-state index contributed by atoms with van der Waals surface area (Å²) in [5.74, 6) is 1.18. The number of carbonyl (C=O) groups excluding carboxylic acids is 1. The van der Waals surface area contributed by atoms with Crippen molar-refractivity contribution in [2.24, 2.45) is 5.92 Å². The van der Waals surface area contributed by atoms with Gasteiger partial charge in [0.25, 0.3) is 10.0 Å². The van der Waals surface area contributed by atoms with Crippen LogP contribution >= 0.6 is 11.3 Å². The minimum atomic E-state index is -3.50. The van der Waals surface area contributed by atoms with Crippen molar-refractivity contribution in [3.63, 3.8) is 0 Å². The third kappa shape index (κ3) is 3.96. The van der Waals surface area contributed by atoms with E-state index in [2.05, 4.69) is 0 Å². The smallest absolute Gasteiger partial charge is 0.252 e. The van der Waals surface area contributed by atoms with E-state index in [-0.39, 0.29) is 18.4 Å². The van der Waals surface area contributed by atoms with Gasteiger partial charge in [0.15, 0.2) is 0 Å². The predicted molar refractivity (Wildman–Crippen MR) is 95.7 cm³/mol. The molecule has 8 heteroatoms. The third-order valence-electron chi connectivity index (χ3n) is 4.39. The van der Waals surface area contributed by atoms with Crippen LogP contribution in [0.2, 0.25) is 0 Å². The maximum atomic E-state index is 12.7. The van der Waals surface area contributed by atoms with Crippen LogP contribution in [-0.2, 0) is 21.4 Å². The molecule has 3 heterocycles. The van der Waals surface area contributed by atoms with Crippen molar-refractivity contribution < 1.29 is 17.6 Å². The highest BCUT2D eigenvalue weighted by Crippen LogP contribution is 2.27. The number of amides is 1. The van der Waals surface area contributed by atoms with Crippen LogP contribution in [0.5, 0.6) is 0 Å². The molecular weight excluding hydrogens is 360 g/mol. The Bertz CT molecular complexity index is 827. The van der Waals surface area contributed by atoms with Gasteiger partial charge < -0.3 is 9.32 Å². The lowest BCUT2D eigenvalue weighted by Gasteiger charge is -2.32. The first-order valence-electron chi connectivity index (χ1n) is 8.22. The van der Waals surface area contributed by atoms with Gasteiger partial charge in [0.05, 0.1) is 12.5 Å². The molecule has 2 aromatic heterocycles. The SMILES string of the molecule is Cc1ccc(CN(C)C(=O)C2CCCN(S(=O)(=O)c3cccs3)C2)o1. The highest BCUT2D eigenvalue weighted by Gasteiger charge is 2.34. The minimum Gasteiger partial charge on any atom is -0.464 e. The van der Waals surface area contributed by atoms with Crippen LogP contribution in [0.15, 0.2) is 38.3 Å². The zero-order valence-corrected chi connectivity index (χ0v) is 16.0. The first kappa shape index (κ1) is 18.2. The van der Waals surface area contributed by atoms with Crippen molar-refractivity contribution >= 4 is 27.3 Å². The van der Waals surface area contributed by atoms with E-state index in [0.29, 0.717) is 30.1 Å². The normalized spacial score (nSPS) is 19.0. The Morgan fingerprint density at radius 3 is 2.84 bits per heavy atom. The Morgan fingerprint density at radius 2 is 2.20 bits per heavy atom. The quantitative estimate of drug-likeness (QED) is 0.797. The largest absolute Gasteiger partial charge is 0.464 e. The predicted octanol–water partition coefficient (Wildman–Crippen LogP) is 2.71. The van der Waals surface area contributed by atoms with E-state index in [1.807, 2.05) is 19.1 Å². The molecule has 136 valence electrons. The zero-order valence-electron chi connectivity index (χ0n) is 14.3. The van der Waals surface area contributed by atoms with Gasteiger partial charge in [0.2, 0.25) is 5.91 Å². The fourth-order valence-corrected chi connectivity index (χ4v) is 5.76. The molecule has 1 unspecified atom stereocenters. The Balaban J connectivity index is 1.67. The lowest BCUT2D eigenvalue weighted by molar-refractivity contribution is -0.136. The molecule has 0 N–H and O–H groups in total. The number of aryl methyl sites for hydroxylation is 1. The van der Waals surface area contributed by atoms with Crippen LogP contribution in [0, 0.1) is 12.8 Å². The van der Waals surface area contributed by atoms with E-state index >= 15 is 0 Å². The number of furan rings is 1. The maximum absolute atomic E-state index is 12.7. The fourth-order valence-electron chi connectivity index (χ4n) is 3.09. The number of carbonyl (C=O) groups is 1. The summed E-state index contributed by atoms with van der Waals surface area (Å²) in [6.45, 7) is 2.95. The summed E-state index contributed by atoms with van der Waals surface area (Å²) in [5, 5.41) is 1.75. The van der Waals surface area contributed by atoms with Crippen molar-refractivity contribution in [1.82, 2.24) is 9.21 Å². The molecule has 2 aromatic rings. The topological polar surface area (TPSA) is 70.8 Å². The van der Waals surface area contributed by atoms with Gasteiger partial charge in [-0.3, -0.25) is 4.79 Å². The number of thiophene rings is 1. The van der Waals surface area contributed by atoms with Crippen molar-refractivity contribution in [2.45, 2.75) is 30.5 Å². The summed E-state index contributed by atoms with van der Waals surface area (Å²) in [5.41, 5.74) is 0. The number of nitrogens with zero attached hydrogens (tertiary/aromatic N) is 2. The van der Waals surface area contributed by atoms with Crippen molar-refractivity contribution in [3.05, 3.63) is 41.2 Å². The van der Waals surface area contributed by atoms with Gasteiger partial charge in [0, 0.05) is 20.1 Å². The van der Waals surface area contributed by atoms with Crippen molar-refractivity contribution in [2.75, 3.05) is 20.1 Å². The average molecular weight is 383 g/mol. The Hall–Kier alpha value is -1.64. The number of piperidine rings is 1. The second-order valence-corrected chi connectivity index (χ2v) is 9.45. The van der Waals surface area contributed by atoms with E-state index in [1.54, 1.807) is 29.5 Å². The number of sulfonamides is 1. The Kier molecular flexibility index (Phi) is 5.31. The van der Waals surface area contributed by atoms with Crippen LogP contribution in [-0.4, -0.2) is 43.7 Å². The Morgan fingerprint density at radius 1 is 1.40 bits per heavy atom. The van der Waals surface area contributed by atoms with Gasteiger partial charge in [-0.05, 0) is 43.3 Å². The molecule has 3 rings (SSSR count). The van der Waals surface area contributed by atoms with E-state index in [1.165, 1.54) is 15.6 Å². The van der Waals surface area contributed by atoms with Crippen LogP contribution in [0.4, 0.5) is 0 Å². The van der Waals surface area contributed by atoms with Gasteiger partial charge >= 0.3 is 0 Å². The van der Waals surface area contributed by atoms with E-state index < -0.39 is 10.0 Å². The fraction of sp³-hybridized carbons (Fsp3) is 0.471. The summed E-state index contributed by atoms with van der Waals surface area (Å²) in [6, 6.07) is 7.05. The van der Waals surface area contributed by atoms with Crippen molar-refractivity contribution in [3.8, 4) is 0 Å². The van der Waals surface area contributed by atoms with Crippen LogP contribution in [0.25, 0.3) is 0 Å². The number of rotatable bonds is 5. The summed E-state index contributed by atoms with van der Waals surface area (Å²) in [4.78, 5) is 14.3. The molecule has 0 spiro atoms. The first-order chi connectivity index (χ1) is 11.9. The molecule has 1 aliphatic rings. The summed E-state index contributed by atoms with van der Waals surface area (Å²) in [6.07, 6.45) is 1.39. The van der Waals surface area contributed by atoms with E-state index in [9.17, 15) is 13.2 Å². The average Bonchev–Trinajstić information content (AvgIpc) is 3.26. The molecule has 25 heavy (non-hydrogen) atoms. The lowest BCUT2D eigenvalue weighted by atomic mass is 9.98. The van der Waals surface area contributed by atoms with Crippen LogP contribution in [0.3, 0.4) is 0 Å². The minimum absolute atomic E-state index is 0.0415. The molecule has 0 bridgehead atoms. The van der Waals surface area contributed by atoms with Crippen LogP contribution < -0.4 is 0 Å². The van der Waals surface area contributed by atoms with Gasteiger partial charge in [-0.1, -0.05) is 6.07 Å². The van der Waals surface area contributed by atoms with E-state index in [0.717, 1.165) is 11.5 Å². The summed E-state index contributed by atoms with van der Waals surface area (Å²) in [7, 11) is -1.77. The number of hydrogen-bond acceptors (Lipinski definition) is 5. The van der Waals surface area contributed by atoms with Gasteiger partial charge in [-0.15, -0.1) is 11.3 Å². The molecule has 1 fully saturated rings. The number of hydrogen-bond donors (Lipinski definition) is 0. The molecule has 1 saturated heterocycles. The van der Waals surface area contributed by atoms with Crippen LogP contribution in [0.1, 0.15) is 24.4 Å². The second-order valence-electron chi connectivity index (χ2n) is 6.34. The highest BCUT2D eigenvalue weighted by atomic mass is 32.2. The Labute approximate surface area is 152 Å². The van der Waals surface area contributed by atoms with Crippen molar-refractivity contribution in [1.29, 1.82) is 0 Å². The van der Waals surface area contributed by atoms with Gasteiger partial charge in [-0.2, -0.15) is 4.31 Å². The molecule has 6 nitrogen and oxygen atoms in total. The molecule has 1 aliphatic heterocycles. The lowest BCUT2D eigenvalue weighted by Crippen LogP contribution is -2.45. The zero-order chi connectivity index (χ0) is 18.0.